The van der Waals surface area contributed by atoms with E-state index in [2.05, 4.69) is 24.8 Å². The van der Waals surface area contributed by atoms with Crippen LogP contribution in [0, 0.1) is 0 Å². The topological polar surface area (TPSA) is 18.5 Å². The quantitative estimate of drug-likeness (QED) is 0.478. The van der Waals surface area contributed by atoms with Crippen molar-refractivity contribution in [2.45, 2.75) is 12.8 Å². The van der Waals surface area contributed by atoms with Crippen LogP contribution in [0.3, 0.4) is 0 Å². The van der Waals surface area contributed by atoms with Gasteiger partial charge in [-0.15, -0.1) is 0 Å². The number of unbranched alkanes of at least 4 members (excludes halogenated alkanes) is 1. The zero-order valence-electron chi connectivity index (χ0n) is 10.2. The van der Waals surface area contributed by atoms with Gasteiger partial charge in [0.15, 0.2) is 0 Å². The molecule has 0 heterocycles. The maximum absolute atomic E-state index is 5.47. The lowest BCUT2D eigenvalue weighted by Gasteiger charge is -2.01. The Hall–Kier alpha value is -1.54. The summed E-state index contributed by atoms with van der Waals surface area (Å²) in [6.07, 6.45) is 7.61. The largest absolute Gasteiger partial charge is 0.502 e. The van der Waals surface area contributed by atoms with E-state index in [0.717, 1.165) is 26.1 Å². The SMILES string of the molecule is C=COCCCCOC/C=C/c1ccccc1. The number of ether oxygens (including phenoxy) is 2. The first-order valence-electron chi connectivity index (χ1n) is 5.95. The second kappa shape index (κ2) is 9.67. The highest BCUT2D eigenvalue weighted by Gasteiger charge is 1.88. The highest BCUT2D eigenvalue weighted by Crippen LogP contribution is 2.00. The molecule has 1 rings (SSSR count). The fourth-order valence-electron chi connectivity index (χ4n) is 1.37. The molecule has 0 N–H and O–H groups in total. The lowest BCUT2D eigenvalue weighted by atomic mass is 10.2. The van der Waals surface area contributed by atoms with Crippen LogP contribution in [0.25, 0.3) is 6.08 Å². The van der Waals surface area contributed by atoms with Crippen LogP contribution in [-0.2, 0) is 9.47 Å². The fourth-order valence-corrected chi connectivity index (χ4v) is 1.37. The smallest absolute Gasteiger partial charge is 0.0873 e. The standard InChI is InChI=1S/C15H20O2/c1-2-16-12-6-7-13-17-14-8-11-15-9-4-3-5-10-15/h2-5,8-11H,1,6-7,12-14H2/b11-8+. The Morgan fingerprint density at radius 3 is 2.59 bits per heavy atom. The summed E-state index contributed by atoms with van der Waals surface area (Å²) in [6, 6.07) is 10.2. The van der Waals surface area contributed by atoms with E-state index >= 15 is 0 Å². The summed E-state index contributed by atoms with van der Waals surface area (Å²) in [6.45, 7) is 5.66. The minimum atomic E-state index is 0.664. The summed E-state index contributed by atoms with van der Waals surface area (Å²) in [4.78, 5) is 0. The van der Waals surface area contributed by atoms with Crippen LogP contribution in [-0.4, -0.2) is 19.8 Å². The lowest BCUT2D eigenvalue weighted by molar-refractivity contribution is 0.148. The maximum atomic E-state index is 5.47. The van der Waals surface area contributed by atoms with E-state index in [9.17, 15) is 0 Å². The van der Waals surface area contributed by atoms with Gasteiger partial charge in [-0.3, -0.25) is 0 Å². The van der Waals surface area contributed by atoms with Crippen molar-refractivity contribution < 1.29 is 9.47 Å². The molecule has 0 saturated carbocycles. The minimum absolute atomic E-state index is 0.664. The molecule has 0 aliphatic rings. The van der Waals surface area contributed by atoms with E-state index in [1.54, 1.807) is 0 Å². The molecule has 2 heteroatoms. The fraction of sp³-hybridized carbons (Fsp3) is 0.333. The molecule has 0 radical (unpaired) electrons. The first kappa shape index (κ1) is 13.5. The van der Waals surface area contributed by atoms with Gasteiger partial charge in [0.25, 0.3) is 0 Å². The molecule has 0 amide bonds. The molecule has 0 aliphatic carbocycles. The minimum Gasteiger partial charge on any atom is -0.502 e. The predicted molar refractivity (Wildman–Crippen MR) is 71.7 cm³/mol. The molecule has 0 spiro atoms. The van der Waals surface area contributed by atoms with Crippen molar-refractivity contribution in [3.8, 4) is 0 Å². The molecular weight excluding hydrogens is 212 g/mol. The predicted octanol–water partition coefficient (Wildman–Crippen LogP) is 3.66. The summed E-state index contributed by atoms with van der Waals surface area (Å²) in [5.41, 5.74) is 1.20. The Labute approximate surface area is 104 Å². The van der Waals surface area contributed by atoms with Gasteiger partial charge in [0, 0.05) is 6.61 Å². The Bertz CT molecular complexity index is 317. The van der Waals surface area contributed by atoms with E-state index < -0.39 is 0 Å². The Balaban J connectivity index is 1.97. The van der Waals surface area contributed by atoms with Gasteiger partial charge in [0.2, 0.25) is 0 Å². The summed E-state index contributed by atoms with van der Waals surface area (Å²) >= 11 is 0. The molecule has 0 unspecified atom stereocenters. The average molecular weight is 232 g/mol. The lowest BCUT2D eigenvalue weighted by Crippen LogP contribution is -1.96. The van der Waals surface area contributed by atoms with Crippen molar-refractivity contribution in [3.05, 3.63) is 54.8 Å². The van der Waals surface area contributed by atoms with Gasteiger partial charge in [-0.05, 0) is 18.4 Å². The van der Waals surface area contributed by atoms with Crippen LogP contribution in [0.1, 0.15) is 18.4 Å². The highest BCUT2D eigenvalue weighted by atomic mass is 16.5. The van der Waals surface area contributed by atoms with E-state index in [4.69, 9.17) is 9.47 Å². The first-order valence-corrected chi connectivity index (χ1v) is 5.95. The van der Waals surface area contributed by atoms with Gasteiger partial charge in [-0.1, -0.05) is 49.1 Å². The first-order chi connectivity index (χ1) is 8.43. The van der Waals surface area contributed by atoms with Crippen LogP contribution >= 0.6 is 0 Å². The van der Waals surface area contributed by atoms with Crippen LogP contribution in [0.2, 0.25) is 0 Å². The van der Waals surface area contributed by atoms with Crippen LogP contribution < -0.4 is 0 Å². The van der Waals surface area contributed by atoms with Gasteiger partial charge >= 0.3 is 0 Å². The molecule has 0 aromatic heterocycles. The average Bonchev–Trinajstić information content (AvgIpc) is 2.38. The molecule has 0 bridgehead atoms. The third-order valence-corrected chi connectivity index (χ3v) is 2.24. The third kappa shape index (κ3) is 7.36. The van der Waals surface area contributed by atoms with E-state index in [0.29, 0.717) is 6.61 Å². The van der Waals surface area contributed by atoms with E-state index in [1.807, 2.05) is 24.3 Å². The van der Waals surface area contributed by atoms with Crippen molar-refractivity contribution in [2.24, 2.45) is 0 Å². The third-order valence-electron chi connectivity index (χ3n) is 2.24. The number of hydrogen-bond acceptors (Lipinski definition) is 2. The number of benzene rings is 1. The Morgan fingerprint density at radius 1 is 1.06 bits per heavy atom. The number of rotatable bonds is 9. The van der Waals surface area contributed by atoms with Crippen molar-refractivity contribution in [1.29, 1.82) is 0 Å². The summed E-state index contributed by atoms with van der Waals surface area (Å²) in [7, 11) is 0. The van der Waals surface area contributed by atoms with Crippen molar-refractivity contribution in [2.75, 3.05) is 19.8 Å². The molecule has 0 saturated heterocycles. The van der Waals surface area contributed by atoms with Crippen LogP contribution in [0.5, 0.6) is 0 Å². The monoisotopic (exact) mass is 232 g/mol. The van der Waals surface area contributed by atoms with E-state index in [1.165, 1.54) is 11.8 Å². The molecule has 17 heavy (non-hydrogen) atoms. The highest BCUT2D eigenvalue weighted by molar-refractivity contribution is 5.48. The van der Waals surface area contributed by atoms with Gasteiger partial charge in [-0.2, -0.15) is 0 Å². The van der Waals surface area contributed by atoms with Gasteiger partial charge in [0.05, 0.1) is 19.5 Å². The second-order valence-electron chi connectivity index (χ2n) is 3.63. The summed E-state index contributed by atoms with van der Waals surface area (Å²) < 4.78 is 10.5. The molecule has 0 aliphatic heterocycles. The molecule has 1 aromatic carbocycles. The molecule has 0 atom stereocenters. The van der Waals surface area contributed by atoms with E-state index in [-0.39, 0.29) is 0 Å². The summed E-state index contributed by atoms with van der Waals surface area (Å²) in [5, 5.41) is 0. The molecule has 2 nitrogen and oxygen atoms in total. The van der Waals surface area contributed by atoms with Gasteiger partial charge in [-0.25, -0.2) is 0 Å². The van der Waals surface area contributed by atoms with Crippen LogP contribution in [0.15, 0.2) is 49.2 Å². The molecule has 0 fully saturated rings. The Morgan fingerprint density at radius 2 is 1.82 bits per heavy atom. The van der Waals surface area contributed by atoms with Gasteiger partial charge in [0.1, 0.15) is 0 Å². The molecular formula is C15H20O2. The van der Waals surface area contributed by atoms with Crippen LogP contribution in [0.4, 0.5) is 0 Å². The normalized spacial score (nSPS) is 10.6. The zero-order chi connectivity index (χ0) is 12.2. The van der Waals surface area contributed by atoms with Crippen molar-refractivity contribution in [1.82, 2.24) is 0 Å². The second-order valence-corrected chi connectivity index (χ2v) is 3.63. The Kier molecular flexibility index (Phi) is 7.69. The van der Waals surface area contributed by atoms with Crippen molar-refractivity contribution >= 4 is 6.08 Å². The maximum Gasteiger partial charge on any atom is 0.0873 e. The molecule has 1 aromatic rings. The molecule has 92 valence electrons. The number of hydrogen-bond donors (Lipinski definition) is 0. The van der Waals surface area contributed by atoms with Gasteiger partial charge < -0.3 is 9.47 Å². The van der Waals surface area contributed by atoms with Crippen molar-refractivity contribution in [3.63, 3.8) is 0 Å². The zero-order valence-corrected chi connectivity index (χ0v) is 10.2. The summed E-state index contributed by atoms with van der Waals surface area (Å²) in [5.74, 6) is 0.